The zero-order valence-electron chi connectivity index (χ0n) is 16.4. The second kappa shape index (κ2) is 7.93. The molecule has 1 N–H and O–H groups in total. The molecule has 0 fully saturated rings. The number of ether oxygens (including phenoxy) is 1. The largest absolute Gasteiger partial charge is 0.469 e. The lowest BCUT2D eigenvalue weighted by molar-refractivity contribution is -0.152. The van der Waals surface area contributed by atoms with Crippen LogP contribution in [0.4, 0.5) is 0 Å². The molecule has 27 heavy (non-hydrogen) atoms. The number of carbonyl (C=O) groups is 1. The lowest BCUT2D eigenvalue weighted by atomic mass is 9.79. The molecule has 0 heterocycles. The summed E-state index contributed by atoms with van der Waals surface area (Å²) >= 11 is 0. The minimum atomic E-state index is -0.707. The summed E-state index contributed by atoms with van der Waals surface area (Å²) in [6.45, 7) is 5.99. The number of nitrogens with one attached hydrogen (secondary N) is 1. The molecule has 0 saturated carbocycles. The highest BCUT2D eigenvalue weighted by molar-refractivity contribution is 5.83. The van der Waals surface area contributed by atoms with Gasteiger partial charge in [-0.3, -0.25) is 4.79 Å². The third-order valence-electron chi connectivity index (χ3n) is 5.26. The van der Waals surface area contributed by atoms with Crippen LogP contribution in [0.15, 0.2) is 72.8 Å². The fourth-order valence-corrected chi connectivity index (χ4v) is 3.57. The van der Waals surface area contributed by atoms with Gasteiger partial charge >= 0.3 is 5.97 Å². The SMILES string of the molecule is COC(=O)C(C)(C)[C@H](N[C@H](C)c1ccc2ccccc2c1)c1ccccc1. The van der Waals surface area contributed by atoms with Crippen molar-refractivity contribution in [1.82, 2.24) is 5.32 Å². The van der Waals surface area contributed by atoms with Crippen molar-refractivity contribution in [2.45, 2.75) is 32.9 Å². The van der Waals surface area contributed by atoms with Gasteiger partial charge in [-0.05, 0) is 48.7 Å². The van der Waals surface area contributed by atoms with E-state index in [-0.39, 0.29) is 18.1 Å². The van der Waals surface area contributed by atoms with Gasteiger partial charge in [-0.15, -0.1) is 0 Å². The molecule has 140 valence electrons. The first-order valence-electron chi connectivity index (χ1n) is 9.31. The van der Waals surface area contributed by atoms with Crippen LogP contribution >= 0.6 is 0 Å². The standard InChI is InChI=1S/C24H27NO2/c1-17(20-15-14-18-10-8-9-13-21(18)16-20)25-22(19-11-6-5-7-12-19)24(2,3)23(26)27-4/h5-17,22,25H,1-4H3/t17-,22-/m1/s1. The molecule has 3 heteroatoms. The molecule has 2 atom stereocenters. The molecule has 0 aromatic heterocycles. The zero-order valence-corrected chi connectivity index (χ0v) is 16.4. The van der Waals surface area contributed by atoms with Crippen molar-refractivity contribution < 1.29 is 9.53 Å². The Bertz CT molecular complexity index is 918. The van der Waals surface area contributed by atoms with Gasteiger partial charge in [0, 0.05) is 12.1 Å². The van der Waals surface area contributed by atoms with E-state index >= 15 is 0 Å². The number of benzene rings is 3. The van der Waals surface area contributed by atoms with E-state index in [0.717, 1.165) is 5.56 Å². The Morgan fingerprint density at radius 3 is 2.19 bits per heavy atom. The van der Waals surface area contributed by atoms with Crippen molar-refractivity contribution in [2.75, 3.05) is 7.11 Å². The molecule has 0 radical (unpaired) electrons. The quantitative estimate of drug-likeness (QED) is 0.595. The minimum absolute atomic E-state index is 0.0729. The molecule has 0 bridgehead atoms. The van der Waals surface area contributed by atoms with Crippen molar-refractivity contribution in [1.29, 1.82) is 0 Å². The van der Waals surface area contributed by atoms with Crippen molar-refractivity contribution in [3.63, 3.8) is 0 Å². The van der Waals surface area contributed by atoms with Crippen LogP contribution in [0.25, 0.3) is 10.8 Å². The fraction of sp³-hybridized carbons (Fsp3) is 0.292. The van der Waals surface area contributed by atoms with E-state index in [0.29, 0.717) is 0 Å². The lowest BCUT2D eigenvalue weighted by Crippen LogP contribution is -2.41. The minimum Gasteiger partial charge on any atom is -0.469 e. The van der Waals surface area contributed by atoms with Gasteiger partial charge in [0.1, 0.15) is 0 Å². The van der Waals surface area contributed by atoms with E-state index in [2.05, 4.69) is 60.8 Å². The van der Waals surface area contributed by atoms with Gasteiger partial charge in [-0.25, -0.2) is 0 Å². The van der Waals surface area contributed by atoms with Crippen LogP contribution in [0.5, 0.6) is 0 Å². The van der Waals surface area contributed by atoms with Crippen LogP contribution < -0.4 is 5.32 Å². The summed E-state index contributed by atoms with van der Waals surface area (Å²) in [5.41, 5.74) is 1.55. The Kier molecular flexibility index (Phi) is 5.62. The summed E-state index contributed by atoms with van der Waals surface area (Å²) in [6, 6.07) is 24.8. The molecule has 3 aromatic carbocycles. The van der Waals surface area contributed by atoms with Gasteiger partial charge in [-0.1, -0.05) is 66.7 Å². The first-order chi connectivity index (χ1) is 12.9. The number of rotatable bonds is 6. The van der Waals surface area contributed by atoms with E-state index < -0.39 is 5.41 Å². The molecular weight excluding hydrogens is 334 g/mol. The molecule has 0 saturated heterocycles. The predicted octanol–water partition coefficient (Wildman–Crippen LogP) is 5.43. The van der Waals surface area contributed by atoms with Crippen LogP contribution in [0, 0.1) is 5.41 Å². The molecule has 0 amide bonds. The van der Waals surface area contributed by atoms with Gasteiger partial charge in [0.05, 0.1) is 12.5 Å². The molecular formula is C24H27NO2. The van der Waals surface area contributed by atoms with Gasteiger partial charge in [0.25, 0.3) is 0 Å². The third-order valence-corrected chi connectivity index (χ3v) is 5.26. The summed E-state index contributed by atoms with van der Waals surface area (Å²) in [5, 5.41) is 6.11. The predicted molar refractivity (Wildman–Crippen MR) is 110 cm³/mol. The average molecular weight is 361 g/mol. The molecule has 0 aliphatic carbocycles. The van der Waals surface area contributed by atoms with Crippen molar-refractivity contribution >= 4 is 16.7 Å². The first-order valence-corrected chi connectivity index (χ1v) is 9.31. The monoisotopic (exact) mass is 361 g/mol. The topological polar surface area (TPSA) is 38.3 Å². The molecule has 3 aromatic rings. The van der Waals surface area contributed by atoms with Crippen LogP contribution in [0.1, 0.15) is 44.0 Å². The summed E-state index contributed by atoms with van der Waals surface area (Å²) in [5.74, 6) is -0.227. The van der Waals surface area contributed by atoms with Gasteiger partial charge in [-0.2, -0.15) is 0 Å². The van der Waals surface area contributed by atoms with Crippen molar-refractivity contribution in [3.05, 3.63) is 83.9 Å². The number of methoxy groups -OCH3 is 1. The van der Waals surface area contributed by atoms with E-state index in [1.807, 2.05) is 38.1 Å². The Morgan fingerprint density at radius 2 is 1.52 bits per heavy atom. The van der Waals surface area contributed by atoms with Gasteiger partial charge in [0.15, 0.2) is 0 Å². The Hall–Kier alpha value is -2.65. The van der Waals surface area contributed by atoms with Crippen LogP contribution in [-0.2, 0) is 9.53 Å². The Morgan fingerprint density at radius 1 is 0.889 bits per heavy atom. The average Bonchev–Trinajstić information content (AvgIpc) is 2.71. The second-order valence-electron chi connectivity index (χ2n) is 7.55. The highest BCUT2D eigenvalue weighted by Crippen LogP contribution is 2.36. The molecule has 3 nitrogen and oxygen atoms in total. The smallest absolute Gasteiger partial charge is 0.313 e. The molecule has 0 unspecified atom stereocenters. The molecule has 0 spiro atoms. The Labute approximate surface area is 161 Å². The molecule has 3 rings (SSSR count). The number of hydrogen-bond donors (Lipinski definition) is 1. The maximum Gasteiger partial charge on any atom is 0.313 e. The summed E-state index contributed by atoms with van der Waals surface area (Å²) in [6.07, 6.45) is 0. The third kappa shape index (κ3) is 4.04. The molecule has 0 aliphatic heterocycles. The van der Waals surface area contributed by atoms with E-state index in [4.69, 9.17) is 4.74 Å². The van der Waals surface area contributed by atoms with Crippen molar-refractivity contribution in [2.24, 2.45) is 5.41 Å². The number of fused-ring (bicyclic) bond motifs is 1. The number of carbonyl (C=O) groups excluding carboxylic acids is 1. The highest BCUT2D eigenvalue weighted by Gasteiger charge is 2.39. The summed E-state index contributed by atoms with van der Waals surface area (Å²) in [7, 11) is 1.44. The van der Waals surface area contributed by atoms with Crippen molar-refractivity contribution in [3.8, 4) is 0 Å². The zero-order chi connectivity index (χ0) is 19.4. The summed E-state index contributed by atoms with van der Waals surface area (Å²) in [4.78, 5) is 12.5. The van der Waals surface area contributed by atoms with E-state index in [9.17, 15) is 4.79 Å². The molecule has 0 aliphatic rings. The maximum atomic E-state index is 12.5. The Balaban J connectivity index is 1.94. The number of esters is 1. The normalized spacial score (nSPS) is 13.9. The van der Waals surface area contributed by atoms with E-state index in [1.54, 1.807) is 0 Å². The number of hydrogen-bond acceptors (Lipinski definition) is 3. The maximum absolute atomic E-state index is 12.5. The highest BCUT2D eigenvalue weighted by atomic mass is 16.5. The van der Waals surface area contributed by atoms with Crippen LogP contribution in [0.2, 0.25) is 0 Å². The second-order valence-corrected chi connectivity index (χ2v) is 7.55. The summed E-state index contributed by atoms with van der Waals surface area (Å²) < 4.78 is 5.08. The lowest BCUT2D eigenvalue weighted by Gasteiger charge is -2.35. The fourth-order valence-electron chi connectivity index (χ4n) is 3.57. The van der Waals surface area contributed by atoms with Gasteiger partial charge < -0.3 is 10.1 Å². The van der Waals surface area contributed by atoms with Gasteiger partial charge in [0.2, 0.25) is 0 Å². The van der Waals surface area contributed by atoms with E-state index in [1.165, 1.54) is 23.4 Å². The van der Waals surface area contributed by atoms with Crippen LogP contribution in [0.3, 0.4) is 0 Å². The first kappa shape index (κ1) is 19.1. The van der Waals surface area contributed by atoms with Crippen LogP contribution in [-0.4, -0.2) is 13.1 Å².